The van der Waals surface area contributed by atoms with E-state index in [9.17, 15) is 4.91 Å². The van der Waals surface area contributed by atoms with Crippen LogP contribution in [0.2, 0.25) is 0 Å². The third kappa shape index (κ3) is 1.82. The molecule has 3 heteroatoms. The van der Waals surface area contributed by atoms with Crippen LogP contribution >= 0.6 is 0 Å². The van der Waals surface area contributed by atoms with Crippen LogP contribution in [-0.2, 0) is 0 Å². The van der Waals surface area contributed by atoms with E-state index < -0.39 is 0 Å². The molecule has 0 aromatic carbocycles. The highest BCUT2D eigenvalue weighted by molar-refractivity contribution is 5.35. The molecule has 3 nitrogen and oxygen atoms in total. The molecule has 0 aromatic heterocycles. The fourth-order valence-corrected chi connectivity index (χ4v) is 5.89. The van der Waals surface area contributed by atoms with Gasteiger partial charge in [-0.25, -0.2) is 0 Å². The normalized spacial score (nSPS) is 47.8. The molecule has 2 aliphatic heterocycles. The Morgan fingerprint density at radius 1 is 1.43 bits per heavy atom. The molecule has 0 amide bonds. The molecule has 21 heavy (non-hydrogen) atoms. The maximum atomic E-state index is 11.4. The highest BCUT2D eigenvalue weighted by Crippen LogP contribution is 2.71. The number of hydrogen-bond donors (Lipinski definition) is 0. The molecule has 1 saturated carbocycles. The fraction of sp³-hybridized carbons (Fsp3) is 1.00. The van der Waals surface area contributed by atoms with Crippen molar-refractivity contribution in [3.8, 4) is 0 Å². The molecule has 0 N–H and O–H groups in total. The minimum Gasteiger partial charge on any atom is -0.290 e. The van der Waals surface area contributed by atoms with Gasteiger partial charge in [0.15, 0.2) is 0 Å². The van der Waals surface area contributed by atoms with Gasteiger partial charge in [0.25, 0.3) is 0 Å². The van der Waals surface area contributed by atoms with Gasteiger partial charge in [-0.1, -0.05) is 52.1 Å². The lowest BCUT2D eigenvalue weighted by Crippen LogP contribution is -2.46. The third-order valence-corrected chi connectivity index (χ3v) is 7.55. The standard InChI is InChI=1S/C18H32N2O/c1-6-8-9-14-10-12(3)18-15(14)11-20(18)16(18)13(4)17(5,7-2)19-21/h12-16H,6-11H2,1-5H3/t12-,13?,14?,15+,16+,17?,18?,20?/m0/s1. The Morgan fingerprint density at radius 2 is 2.14 bits per heavy atom. The van der Waals surface area contributed by atoms with Gasteiger partial charge >= 0.3 is 0 Å². The van der Waals surface area contributed by atoms with Crippen molar-refractivity contribution in [3.63, 3.8) is 0 Å². The molecule has 3 fully saturated rings. The summed E-state index contributed by atoms with van der Waals surface area (Å²) in [6, 6.07) is 0.617. The Kier molecular flexibility index (Phi) is 3.71. The Hall–Kier alpha value is -0.440. The molecular weight excluding hydrogens is 260 g/mol. The molecule has 0 aromatic rings. The summed E-state index contributed by atoms with van der Waals surface area (Å²) >= 11 is 0. The Morgan fingerprint density at radius 3 is 2.71 bits per heavy atom. The van der Waals surface area contributed by atoms with Crippen molar-refractivity contribution >= 4 is 0 Å². The first-order valence-electron chi connectivity index (χ1n) is 9.08. The summed E-state index contributed by atoms with van der Waals surface area (Å²) < 4.78 is 0. The van der Waals surface area contributed by atoms with Crippen molar-refractivity contribution in [3.05, 3.63) is 4.91 Å². The Bertz CT molecular complexity index is 425. The molecule has 120 valence electrons. The zero-order valence-electron chi connectivity index (χ0n) is 14.4. The average Bonchev–Trinajstić information content (AvgIpc) is 2.92. The van der Waals surface area contributed by atoms with E-state index in [-0.39, 0.29) is 5.54 Å². The summed E-state index contributed by atoms with van der Waals surface area (Å²) in [6.07, 6.45) is 6.38. The van der Waals surface area contributed by atoms with Crippen molar-refractivity contribution in [2.24, 2.45) is 28.8 Å². The Balaban J connectivity index is 1.74. The highest BCUT2D eigenvalue weighted by atomic mass is 16.3. The van der Waals surface area contributed by atoms with Gasteiger partial charge in [0.05, 0.1) is 0 Å². The predicted octanol–water partition coefficient (Wildman–Crippen LogP) is 4.46. The second-order valence-corrected chi connectivity index (χ2v) is 8.22. The lowest BCUT2D eigenvalue weighted by molar-refractivity contribution is 0.127. The van der Waals surface area contributed by atoms with Crippen molar-refractivity contribution in [1.29, 1.82) is 0 Å². The molecular formula is C18H32N2O. The number of rotatable bonds is 7. The van der Waals surface area contributed by atoms with Crippen LogP contribution in [0.3, 0.4) is 0 Å². The highest BCUT2D eigenvalue weighted by Gasteiger charge is 2.81. The molecule has 0 bridgehead atoms. The smallest absolute Gasteiger partial charge is 0.104 e. The van der Waals surface area contributed by atoms with Crippen LogP contribution in [0.5, 0.6) is 0 Å². The van der Waals surface area contributed by atoms with Crippen LogP contribution in [0, 0.1) is 28.6 Å². The maximum absolute atomic E-state index is 11.4. The summed E-state index contributed by atoms with van der Waals surface area (Å²) in [5.41, 5.74) is 0.0709. The topological polar surface area (TPSA) is 32.4 Å². The largest absolute Gasteiger partial charge is 0.290 e. The molecule has 3 rings (SSSR count). The van der Waals surface area contributed by atoms with E-state index >= 15 is 0 Å². The molecule has 1 aliphatic carbocycles. The maximum Gasteiger partial charge on any atom is 0.104 e. The number of unbranched alkanes of at least 4 members (excludes halogenated alkanes) is 1. The monoisotopic (exact) mass is 292 g/mol. The molecule has 1 spiro atoms. The quantitative estimate of drug-likeness (QED) is 0.513. The van der Waals surface area contributed by atoms with Gasteiger partial charge in [-0.05, 0) is 37.5 Å². The average molecular weight is 292 g/mol. The van der Waals surface area contributed by atoms with Gasteiger partial charge in [-0.3, -0.25) is 4.90 Å². The van der Waals surface area contributed by atoms with E-state index in [0.29, 0.717) is 17.5 Å². The first-order chi connectivity index (χ1) is 9.97. The predicted molar refractivity (Wildman–Crippen MR) is 87.2 cm³/mol. The molecule has 5 unspecified atom stereocenters. The van der Waals surface area contributed by atoms with Gasteiger partial charge in [0.1, 0.15) is 5.54 Å². The number of nitrogens with zero attached hydrogens (tertiary/aromatic N) is 2. The van der Waals surface area contributed by atoms with Gasteiger partial charge < -0.3 is 0 Å². The van der Waals surface area contributed by atoms with E-state index in [1.165, 1.54) is 32.2 Å². The summed E-state index contributed by atoms with van der Waals surface area (Å²) in [4.78, 5) is 14.1. The van der Waals surface area contributed by atoms with E-state index in [4.69, 9.17) is 0 Å². The second kappa shape index (κ2) is 5.04. The summed E-state index contributed by atoms with van der Waals surface area (Å²) in [7, 11) is 0. The van der Waals surface area contributed by atoms with Crippen LogP contribution in [0.25, 0.3) is 0 Å². The van der Waals surface area contributed by atoms with Crippen LogP contribution < -0.4 is 0 Å². The van der Waals surface area contributed by atoms with Crippen LogP contribution in [0.15, 0.2) is 5.18 Å². The molecule has 8 atom stereocenters. The summed E-state index contributed by atoms with van der Waals surface area (Å²) in [5.74, 6) is 3.03. The molecule has 2 saturated heterocycles. The fourth-order valence-electron chi connectivity index (χ4n) is 5.89. The summed E-state index contributed by atoms with van der Waals surface area (Å²) in [5, 5.41) is 3.52. The van der Waals surface area contributed by atoms with Gasteiger partial charge in [-0.15, -0.1) is 0 Å². The zero-order valence-corrected chi connectivity index (χ0v) is 14.4. The minimum atomic E-state index is -0.386. The second-order valence-electron chi connectivity index (χ2n) is 8.22. The van der Waals surface area contributed by atoms with E-state index in [1.54, 1.807) is 0 Å². The number of nitroso groups, excluding NO2 is 1. The minimum absolute atomic E-state index is 0.386. The molecule has 2 heterocycles. The SMILES string of the molecule is CCCCC1C[C@H](C)C23[C@@H]1CN2[C@@H]3C(C)C(C)(CC)N=O. The van der Waals surface area contributed by atoms with Gasteiger partial charge in [-0.2, -0.15) is 4.91 Å². The van der Waals surface area contributed by atoms with Crippen LogP contribution in [0.1, 0.15) is 66.7 Å². The lowest BCUT2D eigenvalue weighted by Gasteiger charge is -2.36. The van der Waals surface area contributed by atoms with Crippen molar-refractivity contribution in [2.45, 2.75) is 83.8 Å². The van der Waals surface area contributed by atoms with E-state index in [2.05, 4.69) is 44.7 Å². The van der Waals surface area contributed by atoms with E-state index in [0.717, 1.165) is 24.2 Å². The van der Waals surface area contributed by atoms with Crippen LogP contribution in [-0.4, -0.2) is 28.6 Å². The third-order valence-electron chi connectivity index (χ3n) is 7.55. The van der Waals surface area contributed by atoms with Crippen molar-refractivity contribution in [2.75, 3.05) is 6.54 Å². The van der Waals surface area contributed by atoms with E-state index in [1.807, 2.05) is 0 Å². The first kappa shape index (κ1) is 15.5. The lowest BCUT2D eigenvalue weighted by atomic mass is 9.73. The van der Waals surface area contributed by atoms with Crippen LogP contribution in [0.4, 0.5) is 0 Å². The van der Waals surface area contributed by atoms with Gasteiger partial charge in [0, 0.05) is 24.0 Å². The number of hydrogen-bond acceptors (Lipinski definition) is 3. The van der Waals surface area contributed by atoms with Crippen molar-refractivity contribution in [1.82, 2.24) is 4.90 Å². The molecule has 0 radical (unpaired) electrons. The molecule has 3 aliphatic rings. The summed E-state index contributed by atoms with van der Waals surface area (Å²) in [6.45, 7) is 12.5. The first-order valence-corrected chi connectivity index (χ1v) is 9.08. The Labute approximate surface area is 129 Å². The zero-order chi connectivity index (χ0) is 15.4. The van der Waals surface area contributed by atoms with Gasteiger partial charge in [0.2, 0.25) is 0 Å². The van der Waals surface area contributed by atoms with Crippen molar-refractivity contribution < 1.29 is 0 Å².